The molecule has 0 bridgehead atoms. The third-order valence-corrected chi connectivity index (χ3v) is 15.1. The van der Waals surface area contributed by atoms with Crippen LogP contribution in [0.3, 0.4) is 0 Å². The van der Waals surface area contributed by atoms with Crippen molar-refractivity contribution >= 4 is 48.3 Å². The molecule has 2 aliphatic rings. The van der Waals surface area contributed by atoms with Crippen LogP contribution in [0.4, 0.5) is 22.7 Å². The summed E-state index contributed by atoms with van der Waals surface area (Å²) in [6.07, 6.45) is 3.40. The van der Waals surface area contributed by atoms with Gasteiger partial charge in [-0.15, -0.1) is 5.10 Å². The summed E-state index contributed by atoms with van der Waals surface area (Å²) in [6.45, 7) is 7.41. The highest BCUT2D eigenvalue weighted by atomic mass is 28.3. The molecule has 1 N–H and O–H groups in total. The zero-order chi connectivity index (χ0) is 35.8. The molecule has 10 nitrogen and oxygen atoms in total. The van der Waals surface area contributed by atoms with E-state index in [1.165, 1.54) is 5.19 Å². The Morgan fingerprint density at radius 2 is 1.69 bits per heavy atom. The average molecular weight is 702 g/mol. The molecule has 1 spiro atoms. The first-order valence-corrected chi connectivity index (χ1v) is 20.5. The average Bonchev–Trinajstić information content (AvgIpc) is 3.81. The van der Waals surface area contributed by atoms with E-state index in [1.807, 2.05) is 97.2 Å². The number of para-hydroxylation sites is 2. The maximum atomic E-state index is 15.3. The van der Waals surface area contributed by atoms with E-state index in [0.29, 0.717) is 25.1 Å². The number of fused-ring (bicyclic) bond motifs is 2. The topological polar surface area (TPSA) is 110 Å². The molecular weight excluding hydrogens is 659 g/mol. The van der Waals surface area contributed by atoms with Gasteiger partial charge in [-0.3, -0.25) is 24.1 Å². The Morgan fingerprint density at radius 3 is 2.35 bits per heavy atom. The number of benzene rings is 4. The molecule has 2 aliphatic heterocycles. The number of nitrogens with zero attached hydrogens (tertiary/aromatic N) is 5. The number of aryl methyl sites for hydroxylation is 1. The summed E-state index contributed by atoms with van der Waals surface area (Å²) in [5.74, 6) is 0.425. The van der Waals surface area contributed by atoms with Crippen molar-refractivity contribution in [3.8, 4) is 5.75 Å². The van der Waals surface area contributed by atoms with Gasteiger partial charge in [0.25, 0.3) is 5.91 Å². The molecule has 51 heavy (non-hydrogen) atoms. The number of hydrogen-bond acceptors (Lipinski definition) is 7. The van der Waals surface area contributed by atoms with Gasteiger partial charge in [-0.2, -0.15) is 0 Å². The van der Waals surface area contributed by atoms with Gasteiger partial charge in [0.2, 0.25) is 6.41 Å². The first-order valence-electron chi connectivity index (χ1n) is 17.4. The van der Waals surface area contributed by atoms with Crippen LogP contribution in [0, 0.1) is 5.92 Å². The summed E-state index contributed by atoms with van der Waals surface area (Å²) in [5.41, 5.74) is 3.05. The lowest BCUT2D eigenvalue weighted by Gasteiger charge is -2.37. The number of rotatable bonds is 12. The molecular formula is C40H43N5O5Si. The molecule has 1 saturated heterocycles. The second-order valence-electron chi connectivity index (χ2n) is 13.9. The molecule has 4 atom stereocenters. The van der Waals surface area contributed by atoms with E-state index >= 15 is 4.79 Å². The summed E-state index contributed by atoms with van der Waals surface area (Å²) >= 11 is 0. The first kappa shape index (κ1) is 34.4. The summed E-state index contributed by atoms with van der Waals surface area (Å²) in [4.78, 5) is 31.3. The van der Waals surface area contributed by atoms with Crippen LogP contribution in [0.2, 0.25) is 18.6 Å². The number of aliphatic hydroxyl groups is 1. The van der Waals surface area contributed by atoms with Gasteiger partial charge in [0.1, 0.15) is 5.75 Å². The second-order valence-corrected chi connectivity index (χ2v) is 18.6. The van der Waals surface area contributed by atoms with Gasteiger partial charge in [0, 0.05) is 54.3 Å². The van der Waals surface area contributed by atoms with E-state index in [2.05, 4.69) is 42.5 Å². The van der Waals surface area contributed by atoms with Crippen molar-refractivity contribution in [2.24, 2.45) is 5.92 Å². The molecule has 0 saturated carbocycles. The van der Waals surface area contributed by atoms with Crippen LogP contribution in [-0.4, -0.2) is 60.3 Å². The second kappa shape index (κ2) is 13.9. The molecule has 2 amide bonds. The predicted molar refractivity (Wildman–Crippen MR) is 200 cm³/mol. The Labute approximate surface area is 299 Å². The lowest BCUT2D eigenvalue weighted by molar-refractivity contribution is -0.145. The molecule has 0 radical (unpaired) electrons. The smallest absolute Gasteiger partial charge is 0.268 e. The van der Waals surface area contributed by atoms with Crippen molar-refractivity contribution in [2.45, 2.75) is 56.7 Å². The maximum Gasteiger partial charge on any atom is 0.268 e. The van der Waals surface area contributed by atoms with E-state index in [9.17, 15) is 9.90 Å². The Morgan fingerprint density at radius 1 is 0.980 bits per heavy atom. The van der Waals surface area contributed by atoms with Gasteiger partial charge in [-0.25, -0.2) is 0 Å². The molecule has 4 aromatic carbocycles. The maximum absolute atomic E-state index is 15.3. The number of aromatic nitrogens is 3. The van der Waals surface area contributed by atoms with Gasteiger partial charge in [-0.05, 0) is 66.6 Å². The quantitative estimate of drug-likeness (QED) is 0.124. The highest BCUT2D eigenvalue weighted by Gasteiger charge is 2.66. The van der Waals surface area contributed by atoms with Gasteiger partial charge in [0.05, 0.1) is 32.7 Å². The molecule has 0 aliphatic carbocycles. The van der Waals surface area contributed by atoms with Crippen LogP contribution in [-0.2, 0) is 32.9 Å². The molecule has 7 rings (SSSR count). The van der Waals surface area contributed by atoms with Gasteiger partial charge >= 0.3 is 0 Å². The van der Waals surface area contributed by atoms with E-state index in [-0.39, 0.29) is 30.1 Å². The number of carbonyl (C=O) groups is 2. The van der Waals surface area contributed by atoms with E-state index in [4.69, 9.17) is 9.47 Å². The van der Waals surface area contributed by atoms with Gasteiger partial charge in [0.15, 0.2) is 5.60 Å². The fourth-order valence-electron chi connectivity index (χ4n) is 8.28. The summed E-state index contributed by atoms with van der Waals surface area (Å²) in [7, 11) is -0.724. The van der Waals surface area contributed by atoms with E-state index in [1.54, 1.807) is 21.6 Å². The van der Waals surface area contributed by atoms with Crippen molar-refractivity contribution in [2.75, 3.05) is 23.5 Å². The van der Waals surface area contributed by atoms with Crippen molar-refractivity contribution < 1.29 is 24.2 Å². The first-order chi connectivity index (χ1) is 24.7. The number of hydrogen-bond donors (Lipinski definition) is 1. The van der Waals surface area contributed by atoms with E-state index < -0.39 is 13.7 Å². The van der Waals surface area contributed by atoms with Gasteiger partial charge < -0.3 is 14.6 Å². The minimum Gasteiger partial charge on any atom is -0.497 e. The van der Waals surface area contributed by atoms with Crippen LogP contribution >= 0.6 is 0 Å². The number of carbonyl (C=O) groups excluding carboxylic acids is 2. The lowest BCUT2D eigenvalue weighted by atomic mass is 9.82. The van der Waals surface area contributed by atoms with Crippen molar-refractivity contribution in [3.63, 3.8) is 0 Å². The van der Waals surface area contributed by atoms with Crippen LogP contribution in [0.5, 0.6) is 5.75 Å². The molecule has 0 unspecified atom stereocenters. The molecule has 11 heteroatoms. The Kier molecular flexibility index (Phi) is 9.36. The monoisotopic (exact) mass is 701 g/mol. The van der Waals surface area contributed by atoms with Crippen molar-refractivity contribution in [3.05, 3.63) is 121 Å². The lowest BCUT2D eigenvalue weighted by Crippen LogP contribution is -2.51. The normalized spacial score (nSPS) is 21.2. The Balaban J connectivity index is 1.37. The third-order valence-electron chi connectivity index (χ3n) is 10.8. The largest absolute Gasteiger partial charge is 0.497 e. The number of amides is 2. The minimum atomic E-state index is -2.39. The van der Waals surface area contributed by atoms with Gasteiger partial charge in [-0.1, -0.05) is 78.9 Å². The SMILES string of the molecule is COc1ccc([Si](C)(C)[C@H]2[C@H](CCn3cc(CCO)nn3)O[C@@]3(C(=O)N(c4ccccc4)c4ccc(N(C=O)c5ccccc5)cc43)[C@@H]2C)cc1. The Bertz CT molecular complexity index is 2010. The molecule has 5 aromatic rings. The molecule has 1 fully saturated rings. The highest BCUT2D eigenvalue weighted by Crippen LogP contribution is 2.61. The van der Waals surface area contributed by atoms with Crippen molar-refractivity contribution in [1.29, 1.82) is 0 Å². The predicted octanol–water partition coefficient (Wildman–Crippen LogP) is 6.10. The number of anilines is 4. The van der Waals surface area contributed by atoms with E-state index in [0.717, 1.165) is 40.5 Å². The summed E-state index contributed by atoms with van der Waals surface area (Å²) in [5, 5.41) is 19.2. The molecule has 262 valence electrons. The Hall–Kier alpha value is -5.10. The van der Waals surface area contributed by atoms with Crippen LogP contribution in [0.25, 0.3) is 0 Å². The molecule has 3 heterocycles. The number of methoxy groups -OCH3 is 1. The fraction of sp³-hybridized carbons (Fsp3) is 0.300. The molecule has 1 aromatic heterocycles. The standard InChI is InChI=1S/C40H43N5O5Si/c1-28-38(51(3,4)34-18-16-33(49-2)17-19-34)37(21-23-43-26-29(22-24-46)41-42-43)50-40(28)35-25-32(44(27-47)30-11-7-5-8-12-30)15-20-36(35)45(39(40)48)31-13-9-6-10-14-31/h5-20,25-28,37-38,46H,21-24H2,1-4H3/t28-,37+,38-,40+/m1/s1. The number of ether oxygens (including phenoxy) is 2. The summed E-state index contributed by atoms with van der Waals surface area (Å²) in [6, 6.07) is 33.3. The zero-order valence-corrected chi connectivity index (χ0v) is 30.3. The number of aliphatic hydroxyl groups excluding tert-OH is 1. The van der Waals surface area contributed by atoms with Crippen LogP contribution in [0.1, 0.15) is 24.6 Å². The third kappa shape index (κ3) is 5.94. The minimum absolute atomic E-state index is 0.00141. The van der Waals surface area contributed by atoms with Crippen LogP contribution < -0.4 is 19.7 Å². The fourth-order valence-corrected chi connectivity index (χ4v) is 12.3. The van der Waals surface area contributed by atoms with Crippen molar-refractivity contribution in [1.82, 2.24) is 15.0 Å². The summed E-state index contributed by atoms with van der Waals surface area (Å²) < 4.78 is 14.6. The highest BCUT2D eigenvalue weighted by molar-refractivity contribution is 6.91. The zero-order valence-electron chi connectivity index (χ0n) is 29.3. The van der Waals surface area contributed by atoms with Crippen LogP contribution in [0.15, 0.2) is 109 Å².